The maximum absolute atomic E-state index is 12.5. The van der Waals surface area contributed by atoms with E-state index in [4.69, 9.17) is 9.47 Å². The first-order valence-electron chi connectivity index (χ1n) is 9.85. The van der Waals surface area contributed by atoms with Crippen LogP contribution in [0.4, 0.5) is 5.69 Å². The number of ether oxygens (including phenoxy) is 2. The lowest BCUT2D eigenvalue weighted by molar-refractivity contribution is -0.158. The van der Waals surface area contributed by atoms with E-state index in [-0.39, 0.29) is 24.8 Å². The number of carbonyl (C=O) groups excluding carboxylic acids is 3. The Hall–Kier alpha value is -3.35. The molecule has 0 spiro atoms. The first-order valence-corrected chi connectivity index (χ1v) is 9.85. The molecule has 1 aliphatic rings. The highest BCUT2D eigenvalue weighted by Crippen LogP contribution is 2.26. The fourth-order valence-corrected chi connectivity index (χ4v) is 3.24. The average molecular weight is 410 g/mol. The molecule has 2 atom stereocenters. The Bertz CT molecular complexity index is 908. The van der Waals surface area contributed by atoms with Crippen molar-refractivity contribution in [2.24, 2.45) is 5.92 Å². The van der Waals surface area contributed by atoms with Crippen LogP contribution in [0.5, 0.6) is 5.75 Å². The van der Waals surface area contributed by atoms with E-state index < -0.39 is 18.0 Å². The molecule has 7 heteroatoms. The van der Waals surface area contributed by atoms with Crippen molar-refractivity contribution in [2.45, 2.75) is 32.9 Å². The number of methoxy groups -OCH3 is 1. The number of nitrogens with one attached hydrogen (secondary N) is 1. The zero-order valence-electron chi connectivity index (χ0n) is 17.4. The molecule has 1 heterocycles. The highest BCUT2D eigenvalue weighted by Gasteiger charge is 2.37. The molecule has 3 rings (SSSR count). The number of esters is 1. The lowest BCUT2D eigenvalue weighted by Gasteiger charge is -2.18. The van der Waals surface area contributed by atoms with Crippen molar-refractivity contribution < 1.29 is 23.9 Å². The summed E-state index contributed by atoms with van der Waals surface area (Å²) in [5.41, 5.74) is 2.75. The molecule has 1 N–H and O–H groups in total. The number of rotatable bonds is 7. The van der Waals surface area contributed by atoms with E-state index >= 15 is 0 Å². The predicted molar refractivity (Wildman–Crippen MR) is 112 cm³/mol. The van der Waals surface area contributed by atoms with Crippen LogP contribution in [-0.4, -0.2) is 37.5 Å². The minimum atomic E-state index is -0.945. The SMILES string of the molecule is COc1ccc(CNC(=O)[C@H](C)OC(=O)[C@H]2CC(=O)N(c3ccc(C)cc3)C2)cc1. The van der Waals surface area contributed by atoms with Gasteiger partial charge in [-0.3, -0.25) is 14.4 Å². The predicted octanol–water partition coefficient (Wildman–Crippen LogP) is 2.60. The van der Waals surface area contributed by atoms with Crippen molar-refractivity contribution in [2.75, 3.05) is 18.6 Å². The van der Waals surface area contributed by atoms with Gasteiger partial charge in [-0.25, -0.2) is 0 Å². The van der Waals surface area contributed by atoms with Gasteiger partial charge in [-0.1, -0.05) is 29.8 Å². The topological polar surface area (TPSA) is 84.9 Å². The Morgan fingerprint density at radius 3 is 2.43 bits per heavy atom. The maximum Gasteiger partial charge on any atom is 0.312 e. The van der Waals surface area contributed by atoms with Crippen LogP contribution in [-0.2, 0) is 25.7 Å². The average Bonchev–Trinajstić information content (AvgIpc) is 3.14. The minimum Gasteiger partial charge on any atom is -0.497 e. The Morgan fingerprint density at radius 2 is 1.80 bits per heavy atom. The number of benzene rings is 2. The van der Waals surface area contributed by atoms with Gasteiger partial charge in [0.2, 0.25) is 5.91 Å². The molecule has 2 aromatic rings. The van der Waals surface area contributed by atoms with Crippen molar-refractivity contribution in [1.82, 2.24) is 5.32 Å². The molecule has 2 amide bonds. The number of amides is 2. The normalized spacial score (nSPS) is 16.8. The molecule has 0 aromatic heterocycles. The van der Waals surface area contributed by atoms with Gasteiger partial charge in [0.15, 0.2) is 6.10 Å². The van der Waals surface area contributed by atoms with E-state index in [1.807, 2.05) is 55.5 Å². The molecule has 7 nitrogen and oxygen atoms in total. The van der Waals surface area contributed by atoms with Gasteiger partial charge in [0.25, 0.3) is 5.91 Å². The summed E-state index contributed by atoms with van der Waals surface area (Å²) in [5, 5.41) is 2.75. The van der Waals surface area contributed by atoms with Gasteiger partial charge in [-0.2, -0.15) is 0 Å². The second-order valence-electron chi connectivity index (χ2n) is 7.39. The largest absolute Gasteiger partial charge is 0.497 e. The highest BCUT2D eigenvalue weighted by molar-refractivity contribution is 5.99. The first kappa shape index (κ1) is 21.4. The molecule has 1 aliphatic heterocycles. The Labute approximate surface area is 176 Å². The van der Waals surface area contributed by atoms with Gasteiger partial charge in [0.1, 0.15) is 5.75 Å². The Balaban J connectivity index is 1.50. The van der Waals surface area contributed by atoms with Gasteiger partial charge in [0, 0.05) is 25.2 Å². The third-order valence-corrected chi connectivity index (χ3v) is 5.09. The lowest BCUT2D eigenvalue weighted by atomic mass is 10.1. The quantitative estimate of drug-likeness (QED) is 0.710. The van der Waals surface area contributed by atoms with E-state index in [1.165, 1.54) is 6.92 Å². The van der Waals surface area contributed by atoms with Crippen molar-refractivity contribution in [3.05, 3.63) is 59.7 Å². The molecule has 0 aliphatic carbocycles. The van der Waals surface area contributed by atoms with Crippen LogP contribution < -0.4 is 15.0 Å². The summed E-state index contributed by atoms with van der Waals surface area (Å²) < 4.78 is 10.4. The number of carbonyl (C=O) groups is 3. The van der Waals surface area contributed by atoms with Crippen LogP contribution in [0.3, 0.4) is 0 Å². The Kier molecular flexibility index (Phi) is 6.72. The minimum absolute atomic E-state index is 0.0763. The standard InChI is InChI=1S/C23H26N2O5/c1-15-4-8-19(9-5-15)25-14-18(12-21(25)26)23(28)30-16(2)22(27)24-13-17-6-10-20(29-3)11-7-17/h4-11,16,18H,12-14H2,1-3H3,(H,24,27)/t16-,18-/m0/s1. The van der Waals surface area contributed by atoms with Crippen LogP contribution in [0.25, 0.3) is 0 Å². The summed E-state index contributed by atoms with van der Waals surface area (Å²) in [5.74, 6) is -0.907. The zero-order valence-corrected chi connectivity index (χ0v) is 17.4. The van der Waals surface area contributed by atoms with Gasteiger partial charge < -0.3 is 19.7 Å². The van der Waals surface area contributed by atoms with E-state index in [1.54, 1.807) is 12.0 Å². The summed E-state index contributed by atoms with van der Waals surface area (Å²) in [7, 11) is 1.59. The van der Waals surface area contributed by atoms with E-state index in [9.17, 15) is 14.4 Å². The van der Waals surface area contributed by atoms with Crippen molar-refractivity contribution in [1.29, 1.82) is 0 Å². The summed E-state index contributed by atoms with van der Waals surface area (Å²) in [4.78, 5) is 38.7. The molecular formula is C23H26N2O5. The van der Waals surface area contributed by atoms with Gasteiger partial charge in [0.05, 0.1) is 13.0 Å². The highest BCUT2D eigenvalue weighted by atomic mass is 16.5. The molecule has 1 fully saturated rings. The number of anilines is 1. The third-order valence-electron chi connectivity index (χ3n) is 5.09. The molecular weight excluding hydrogens is 384 g/mol. The Morgan fingerprint density at radius 1 is 1.13 bits per heavy atom. The maximum atomic E-state index is 12.5. The van der Waals surface area contributed by atoms with Crippen LogP contribution in [0, 0.1) is 12.8 Å². The molecule has 0 saturated carbocycles. The van der Waals surface area contributed by atoms with Crippen LogP contribution in [0.15, 0.2) is 48.5 Å². The summed E-state index contributed by atoms with van der Waals surface area (Å²) in [6.07, 6.45) is -0.869. The molecule has 0 bridgehead atoms. The first-order chi connectivity index (χ1) is 14.4. The smallest absolute Gasteiger partial charge is 0.312 e. The van der Waals surface area contributed by atoms with Crippen LogP contribution in [0.1, 0.15) is 24.5 Å². The molecule has 0 unspecified atom stereocenters. The number of aryl methyl sites for hydroxylation is 1. The molecule has 30 heavy (non-hydrogen) atoms. The zero-order chi connectivity index (χ0) is 21.7. The summed E-state index contributed by atoms with van der Waals surface area (Å²) in [6, 6.07) is 14.9. The van der Waals surface area contributed by atoms with Gasteiger partial charge in [-0.05, 0) is 43.7 Å². The third kappa shape index (κ3) is 5.17. The fraction of sp³-hybridized carbons (Fsp3) is 0.348. The summed E-state index contributed by atoms with van der Waals surface area (Å²) >= 11 is 0. The second-order valence-corrected chi connectivity index (χ2v) is 7.39. The number of hydrogen-bond donors (Lipinski definition) is 1. The molecule has 2 aromatic carbocycles. The van der Waals surface area contributed by atoms with Crippen molar-refractivity contribution in [3.63, 3.8) is 0 Å². The van der Waals surface area contributed by atoms with Gasteiger partial charge in [-0.15, -0.1) is 0 Å². The second kappa shape index (κ2) is 9.43. The van der Waals surface area contributed by atoms with E-state index in [0.29, 0.717) is 6.54 Å². The summed E-state index contributed by atoms with van der Waals surface area (Å²) in [6.45, 7) is 4.06. The monoisotopic (exact) mass is 410 g/mol. The molecule has 1 saturated heterocycles. The molecule has 0 radical (unpaired) electrons. The van der Waals surface area contributed by atoms with E-state index in [0.717, 1.165) is 22.6 Å². The number of nitrogens with zero attached hydrogens (tertiary/aromatic N) is 1. The van der Waals surface area contributed by atoms with Gasteiger partial charge >= 0.3 is 5.97 Å². The van der Waals surface area contributed by atoms with Crippen molar-refractivity contribution in [3.8, 4) is 5.75 Å². The number of hydrogen-bond acceptors (Lipinski definition) is 5. The van der Waals surface area contributed by atoms with Crippen LogP contribution >= 0.6 is 0 Å². The van der Waals surface area contributed by atoms with E-state index in [2.05, 4.69) is 5.32 Å². The lowest BCUT2D eigenvalue weighted by Crippen LogP contribution is -2.37. The van der Waals surface area contributed by atoms with Crippen molar-refractivity contribution >= 4 is 23.5 Å². The fourth-order valence-electron chi connectivity index (χ4n) is 3.24. The van der Waals surface area contributed by atoms with Crippen LogP contribution in [0.2, 0.25) is 0 Å². The molecule has 158 valence electrons.